The standard InChI is InChI=1S/C4H6O4.2C4H6O2/c5-1-3-2-7-4(6)8-3;2*1-3(2)4(5)6/h3,5H,1-2H2;2*1H2,2H3,(H,5,6). The molecule has 20 heavy (non-hydrogen) atoms. The van der Waals surface area contributed by atoms with Crippen molar-refractivity contribution in [2.75, 3.05) is 13.2 Å². The van der Waals surface area contributed by atoms with Gasteiger partial charge in [0, 0.05) is 11.1 Å². The van der Waals surface area contributed by atoms with Crippen LogP contribution >= 0.6 is 0 Å². The number of carboxylic acids is 2. The first-order valence-electron chi connectivity index (χ1n) is 5.33. The molecule has 0 amide bonds. The number of carbonyl (C=O) groups excluding carboxylic acids is 1. The predicted molar refractivity (Wildman–Crippen MR) is 68.2 cm³/mol. The molecule has 0 aromatic rings. The third kappa shape index (κ3) is 12.1. The Morgan fingerprint density at radius 2 is 1.55 bits per heavy atom. The van der Waals surface area contributed by atoms with E-state index in [9.17, 15) is 14.4 Å². The van der Waals surface area contributed by atoms with E-state index >= 15 is 0 Å². The summed E-state index contributed by atoms with van der Waals surface area (Å²) in [6.07, 6.45) is -1.13. The smallest absolute Gasteiger partial charge is 0.478 e. The largest absolute Gasteiger partial charge is 0.508 e. The second kappa shape index (κ2) is 10.6. The van der Waals surface area contributed by atoms with Crippen molar-refractivity contribution in [1.82, 2.24) is 0 Å². The summed E-state index contributed by atoms with van der Waals surface area (Å²) in [6, 6.07) is 0. The highest BCUT2D eigenvalue weighted by molar-refractivity contribution is 5.85. The van der Waals surface area contributed by atoms with Gasteiger partial charge in [0.1, 0.15) is 6.61 Å². The van der Waals surface area contributed by atoms with Crippen molar-refractivity contribution in [3.8, 4) is 0 Å². The quantitative estimate of drug-likeness (QED) is 0.514. The second-order valence-electron chi connectivity index (χ2n) is 3.65. The van der Waals surface area contributed by atoms with E-state index in [1.807, 2.05) is 0 Å². The van der Waals surface area contributed by atoms with Gasteiger partial charge in [0.15, 0.2) is 6.10 Å². The monoisotopic (exact) mass is 290 g/mol. The molecule has 1 rings (SSSR count). The van der Waals surface area contributed by atoms with Crippen LogP contribution in [0.15, 0.2) is 24.3 Å². The van der Waals surface area contributed by atoms with E-state index in [2.05, 4.69) is 22.6 Å². The molecule has 0 radical (unpaired) electrons. The van der Waals surface area contributed by atoms with Gasteiger partial charge in [-0.25, -0.2) is 14.4 Å². The summed E-state index contributed by atoms with van der Waals surface area (Å²) in [5, 5.41) is 24.1. The third-order valence-electron chi connectivity index (χ3n) is 1.58. The molecule has 1 heterocycles. The van der Waals surface area contributed by atoms with E-state index in [1.165, 1.54) is 13.8 Å². The fourth-order valence-electron chi connectivity index (χ4n) is 0.455. The molecule has 8 nitrogen and oxygen atoms in total. The number of carboxylic acid groups (broad SMARTS) is 2. The molecule has 8 heteroatoms. The zero-order valence-corrected chi connectivity index (χ0v) is 11.3. The number of hydrogen-bond donors (Lipinski definition) is 3. The van der Waals surface area contributed by atoms with Gasteiger partial charge in [-0.1, -0.05) is 13.2 Å². The summed E-state index contributed by atoms with van der Waals surface area (Å²) in [6.45, 7) is 9.22. The lowest BCUT2D eigenvalue weighted by Crippen LogP contribution is -2.14. The Bertz CT molecular complexity index is 337. The molecule has 1 saturated heterocycles. The number of hydrogen-bond acceptors (Lipinski definition) is 6. The first kappa shape index (κ1) is 20.0. The van der Waals surface area contributed by atoms with Crippen molar-refractivity contribution in [1.29, 1.82) is 0 Å². The summed E-state index contributed by atoms with van der Waals surface area (Å²) < 4.78 is 8.73. The number of ether oxygens (including phenoxy) is 2. The molecular weight excluding hydrogens is 272 g/mol. The molecule has 0 bridgehead atoms. The lowest BCUT2D eigenvalue weighted by molar-refractivity contribution is -0.133. The molecule has 1 fully saturated rings. The van der Waals surface area contributed by atoms with Crippen molar-refractivity contribution < 1.29 is 39.2 Å². The lowest BCUT2D eigenvalue weighted by atomic mass is 10.4. The molecular formula is C12H18O8. The number of aliphatic hydroxyl groups excluding tert-OH is 1. The molecule has 0 aromatic heterocycles. The number of carbonyl (C=O) groups is 3. The zero-order valence-electron chi connectivity index (χ0n) is 11.3. The maximum atomic E-state index is 10.1. The summed E-state index contributed by atoms with van der Waals surface area (Å²) in [5.41, 5.74) is 0.352. The highest BCUT2D eigenvalue weighted by Gasteiger charge is 2.23. The van der Waals surface area contributed by atoms with Crippen molar-refractivity contribution in [3.63, 3.8) is 0 Å². The Morgan fingerprint density at radius 3 is 1.65 bits per heavy atom. The van der Waals surface area contributed by atoms with Crippen molar-refractivity contribution in [2.24, 2.45) is 0 Å². The van der Waals surface area contributed by atoms with Crippen LogP contribution in [0.25, 0.3) is 0 Å². The van der Waals surface area contributed by atoms with E-state index < -0.39 is 24.2 Å². The molecule has 114 valence electrons. The number of rotatable bonds is 3. The van der Waals surface area contributed by atoms with Crippen LogP contribution in [0.1, 0.15) is 13.8 Å². The Morgan fingerprint density at radius 1 is 1.20 bits per heavy atom. The van der Waals surface area contributed by atoms with Gasteiger partial charge < -0.3 is 24.8 Å². The van der Waals surface area contributed by atoms with Crippen LogP contribution < -0.4 is 0 Å². The van der Waals surface area contributed by atoms with E-state index in [4.69, 9.17) is 15.3 Å². The maximum Gasteiger partial charge on any atom is 0.508 e. The molecule has 0 spiro atoms. The fourth-order valence-corrected chi connectivity index (χ4v) is 0.455. The van der Waals surface area contributed by atoms with Gasteiger partial charge in [-0.3, -0.25) is 0 Å². The zero-order chi connectivity index (χ0) is 16.3. The number of cyclic esters (lactones) is 2. The molecule has 1 aliphatic rings. The topological polar surface area (TPSA) is 130 Å². The SMILES string of the molecule is C=C(C)C(=O)O.C=C(C)C(=O)O.O=C1OCC(CO)O1. The van der Waals surface area contributed by atoms with Crippen molar-refractivity contribution in [2.45, 2.75) is 20.0 Å². The minimum Gasteiger partial charge on any atom is -0.478 e. The van der Waals surface area contributed by atoms with E-state index in [1.54, 1.807) is 0 Å². The minimum atomic E-state index is -0.935. The molecule has 1 aliphatic heterocycles. The number of aliphatic hydroxyl groups is 1. The van der Waals surface area contributed by atoms with Crippen molar-refractivity contribution in [3.05, 3.63) is 24.3 Å². The first-order chi connectivity index (χ1) is 9.11. The molecule has 0 saturated carbocycles. The van der Waals surface area contributed by atoms with Gasteiger partial charge in [-0.2, -0.15) is 0 Å². The van der Waals surface area contributed by atoms with Gasteiger partial charge in [0.05, 0.1) is 6.61 Å². The van der Waals surface area contributed by atoms with E-state index in [-0.39, 0.29) is 24.4 Å². The van der Waals surface area contributed by atoms with Gasteiger partial charge in [0.2, 0.25) is 0 Å². The average molecular weight is 290 g/mol. The highest BCUT2D eigenvalue weighted by Crippen LogP contribution is 2.03. The molecule has 1 atom stereocenters. The Balaban J connectivity index is 0. The Kier molecular flexibility index (Phi) is 10.5. The lowest BCUT2D eigenvalue weighted by Gasteiger charge is -1.96. The van der Waals surface area contributed by atoms with Gasteiger partial charge in [0.25, 0.3) is 0 Å². The summed E-state index contributed by atoms with van der Waals surface area (Å²) in [5.74, 6) is -1.87. The summed E-state index contributed by atoms with van der Waals surface area (Å²) in [4.78, 5) is 29.3. The third-order valence-corrected chi connectivity index (χ3v) is 1.58. The van der Waals surface area contributed by atoms with Gasteiger partial charge in [-0.15, -0.1) is 0 Å². The summed E-state index contributed by atoms with van der Waals surface area (Å²) in [7, 11) is 0. The van der Waals surface area contributed by atoms with Crippen LogP contribution in [-0.2, 0) is 19.1 Å². The van der Waals surface area contributed by atoms with Crippen LogP contribution in [-0.4, -0.2) is 52.7 Å². The molecule has 1 unspecified atom stereocenters. The normalized spacial score (nSPS) is 15.3. The van der Waals surface area contributed by atoms with Crippen LogP contribution in [0.3, 0.4) is 0 Å². The summed E-state index contributed by atoms with van der Waals surface area (Å²) >= 11 is 0. The van der Waals surface area contributed by atoms with Crippen LogP contribution in [0.2, 0.25) is 0 Å². The van der Waals surface area contributed by atoms with Gasteiger partial charge >= 0.3 is 18.1 Å². The minimum absolute atomic E-state index is 0.161. The number of aliphatic carboxylic acids is 2. The Labute approximate surface area is 115 Å². The molecule has 3 N–H and O–H groups in total. The average Bonchev–Trinajstić information content (AvgIpc) is 2.76. The van der Waals surface area contributed by atoms with Crippen molar-refractivity contribution >= 4 is 18.1 Å². The van der Waals surface area contributed by atoms with Crippen LogP contribution in [0.5, 0.6) is 0 Å². The van der Waals surface area contributed by atoms with Crippen LogP contribution in [0, 0.1) is 0 Å². The van der Waals surface area contributed by atoms with E-state index in [0.29, 0.717) is 0 Å². The van der Waals surface area contributed by atoms with E-state index in [0.717, 1.165) is 0 Å². The maximum absolute atomic E-state index is 10.1. The fraction of sp³-hybridized carbons (Fsp3) is 0.417. The predicted octanol–water partition coefficient (Wildman–Crippen LogP) is 0.808. The molecule has 0 aromatic carbocycles. The first-order valence-corrected chi connectivity index (χ1v) is 5.33. The second-order valence-corrected chi connectivity index (χ2v) is 3.65. The van der Waals surface area contributed by atoms with Crippen LogP contribution in [0.4, 0.5) is 4.79 Å². The Hall–Kier alpha value is -2.35. The van der Waals surface area contributed by atoms with Gasteiger partial charge in [-0.05, 0) is 13.8 Å². The highest BCUT2D eigenvalue weighted by atomic mass is 16.8. The molecule has 0 aliphatic carbocycles.